The number of nitrogens with zero attached hydrogens (tertiary/aromatic N) is 2. The molecule has 5 nitrogen and oxygen atoms in total. The zero-order valence-electron chi connectivity index (χ0n) is 7.97. The molecule has 76 valence electrons. The molecule has 14 heavy (non-hydrogen) atoms. The number of rotatable bonds is 5. The molecule has 0 spiro atoms. The Kier molecular flexibility index (Phi) is 3.84. The number of ether oxygens (including phenoxy) is 1. The quantitative estimate of drug-likeness (QED) is 0.411. The van der Waals surface area contributed by atoms with Gasteiger partial charge in [-0.25, -0.2) is 4.98 Å². The van der Waals surface area contributed by atoms with Crippen LogP contribution in [0.3, 0.4) is 0 Å². The van der Waals surface area contributed by atoms with Crippen molar-refractivity contribution in [2.24, 2.45) is 0 Å². The van der Waals surface area contributed by atoms with E-state index < -0.39 is 4.92 Å². The van der Waals surface area contributed by atoms with Gasteiger partial charge in [0.1, 0.15) is 0 Å². The summed E-state index contributed by atoms with van der Waals surface area (Å²) in [5, 5.41) is 10.5. The maximum atomic E-state index is 10.5. The summed E-state index contributed by atoms with van der Waals surface area (Å²) in [6, 6.07) is 2.90. The first kappa shape index (κ1) is 10.4. The maximum Gasteiger partial charge on any atom is 0.330 e. The number of aromatic nitrogens is 1. The van der Waals surface area contributed by atoms with E-state index in [-0.39, 0.29) is 11.6 Å². The third-order valence-electron chi connectivity index (χ3n) is 1.68. The fourth-order valence-corrected chi connectivity index (χ4v) is 0.946. The highest BCUT2D eigenvalue weighted by Gasteiger charge is 2.14. The van der Waals surface area contributed by atoms with Crippen LogP contribution >= 0.6 is 0 Å². The molecular weight excluding hydrogens is 184 g/mol. The summed E-state index contributed by atoms with van der Waals surface area (Å²) >= 11 is 0. The highest BCUT2D eigenvalue weighted by atomic mass is 16.6. The molecule has 0 radical (unpaired) electrons. The lowest BCUT2D eigenvalue weighted by Crippen LogP contribution is -2.01. The van der Waals surface area contributed by atoms with Gasteiger partial charge in [-0.2, -0.15) is 0 Å². The fourth-order valence-electron chi connectivity index (χ4n) is 0.946. The first-order valence-corrected chi connectivity index (χ1v) is 4.48. The lowest BCUT2D eigenvalue weighted by atomic mass is 10.3. The van der Waals surface area contributed by atoms with Gasteiger partial charge < -0.3 is 4.74 Å². The molecule has 0 bridgehead atoms. The van der Waals surface area contributed by atoms with E-state index in [1.165, 1.54) is 18.3 Å². The summed E-state index contributed by atoms with van der Waals surface area (Å²) in [5.41, 5.74) is -0.0800. The summed E-state index contributed by atoms with van der Waals surface area (Å²) in [7, 11) is 0. The van der Waals surface area contributed by atoms with Crippen LogP contribution in [0.1, 0.15) is 19.8 Å². The average Bonchev–Trinajstić information content (AvgIpc) is 2.19. The smallest absolute Gasteiger partial charge is 0.330 e. The van der Waals surface area contributed by atoms with Crippen molar-refractivity contribution >= 4 is 5.69 Å². The molecule has 5 heteroatoms. The molecule has 0 atom stereocenters. The predicted octanol–water partition coefficient (Wildman–Crippen LogP) is 2.17. The standard InChI is InChI=1S/C9H12N2O3/c1-2-3-7-14-9-8(11(12)13)5-4-6-10-9/h4-6H,2-3,7H2,1H3. The van der Waals surface area contributed by atoms with Crippen molar-refractivity contribution in [2.45, 2.75) is 19.8 Å². The molecule has 0 aliphatic rings. The molecule has 0 aliphatic carbocycles. The number of nitro groups is 1. The Morgan fingerprint density at radius 1 is 1.64 bits per heavy atom. The molecule has 1 heterocycles. The van der Waals surface area contributed by atoms with E-state index in [4.69, 9.17) is 4.74 Å². The van der Waals surface area contributed by atoms with Crippen LogP contribution in [0.5, 0.6) is 5.88 Å². The Hall–Kier alpha value is -1.65. The van der Waals surface area contributed by atoms with Gasteiger partial charge in [-0.05, 0) is 12.5 Å². The lowest BCUT2D eigenvalue weighted by molar-refractivity contribution is -0.386. The highest BCUT2D eigenvalue weighted by Crippen LogP contribution is 2.22. The van der Waals surface area contributed by atoms with E-state index in [2.05, 4.69) is 4.98 Å². The largest absolute Gasteiger partial charge is 0.473 e. The molecule has 0 unspecified atom stereocenters. The normalized spacial score (nSPS) is 9.79. The van der Waals surface area contributed by atoms with Crippen LogP contribution in [0.15, 0.2) is 18.3 Å². The van der Waals surface area contributed by atoms with Gasteiger partial charge in [0.25, 0.3) is 5.88 Å². The molecule has 0 aliphatic heterocycles. The molecule has 1 aromatic rings. The molecule has 0 N–H and O–H groups in total. The van der Waals surface area contributed by atoms with Crippen LogP contribution < -0.4 is 4.74 Å². The molecule has 1 aromatic heterocycles. The molecule has 0 saturated heterocycles. The molecule has 1 rings (SSSR count). The minimum absolute atomic E-state index is 0.0800. The summed E-state index contributed by atoms with van der Waals surface area (Å²) in [6.07, 6.45) is 3.34. The number of hydrogen-bond acceptors (Lipinski definition) is 4. The lowest BCUT2D eigenvalue weighted by Gasteiger charge is -2.03. The zero-order chi connectivity index (χ0) is 10.4. The Balaban J connectivity index is 2.69. The topological polar surface area (TPSA) is 65.3 Å². The third-order valence-corrected chi connectivity index (χ3v) is 1.68. The maximum absolute atomic E-state index is 10.5. The van der Waals surface area contributed by atoms with E-state index in [0.717, 1.165) is 12.8 Å². The number of unbranched alkanes of at least 4 members (excludes halogenated alkanes) is 1. The summed E-state index contributed by atoms with van der Waals surface area (Å²) < 4.78 is 5.19. The van der Waals surface area contributed by atoms with E-state index in [0.29, 0.717) is 6.61 Å². The van der Waals surface area contributed by atoms with E-state index in [9.17, 15) is 10.1 Å². The second kappa shape index (κ2) is 5.16. The third kappa shape index (κ3) is 2.69. The van der Waals surface area contributed by atoms with Gasteiger partial charge in [0.05, 0.1) is 11.5 Å². The molecule has 0 aromatic carbocycles. The minimum Gasteiger partial charge on any atom is -0.473 e. The minimum atomic E-state index is -0.492. The molecule has 0 fully saturated rings. The number of pyridine rings is 1. The van der Waals surface area contributed by atoms with Gasteiger partial charge in [0.15, 0.2) is 0 Å². The highest BCUT2D eigenvalue weighted by molar-refractivity contribution is 5.39. The van der Waals surface area contributed by atoms with Crippen LogP contribution in [-0.2, 0) is 0 Å². The van der Waals surface area contributed by atoms with Gasteiger partial charge in [-0.15, -0.1) is 0 Å². The van der Waals surface area contributed by atoms with Crippen molar-refractivity contribution in [1.29, 1.82) is 0 Å². The number of hydrogen-bond donors (Lipinski definition) is 0. The summed E-state index contributed by atoms with van der Waals surface area (Å²) in [4.78, 5) is 13.9. The van der Waals surface area contributed by atoms with E-state index >= 15 is 0 Å². The van der Waals surface area contributed by atoms with E-state index in [1.807, 2.05) is 6.92 Å². The van der Waals surface area contributed by atoms with Gasteiger partial charge in [-0.3, -0.25) is 10.1 Å². The second-order valence-corrected chi connectivity index (χ2v) is 2.79. The van der Waals surface area contributed by atoms with Crippen LogP contribution in [0.2, 0.25) is 0 Å². The molecular formula is C9H12N2O3. The van der Waals surface area contributed by atoms with Gasteiger partial charge in [0, 0.05) is 12.3 Å². The van der Waals surface area contributed by atoms with Crippen molar-refractivity contribution in [3.8, 4) is 5.88 Å². The Morgan fingerprint density at radius 3 is 3.07 bits per heavy atom. The summed E-state index contributed by atoms with van der Waals surface area (Å²) in [5.74, 6) is 0.103. The summed E-state index contributed by atoms with van der Waals surface area (Å²) in [6.45, 7) is 2.49. The van der Waals surface area contributed by atoms with Crippen LogP contribution in [0, 0.1) is 10.1 Å². The average molecular weight is 196 g/mol. The van der Waals surface area contributed by atoms with Crippen molar-refractivity contribution in [3.05, 3.63) is 28.4 Å². The predicted molar refractivity (Wildman–Crippen MR) is 51.3 cm³/mol. The first-order valence-electron chi connectivity index (χ1n) is 4.48. The monoisotopic (exact) mass is 196 g/mol. The SMILES string of the molecule is CCCCOc1ncccc1[N+](=O)[O-]. The van der Waals surface area contributed by atoms with Crippen molar-refractivity contribution < 1.29 is 9.66 Å². The van der Waals surface area contributed by atoms with Gasteiger partial charge in [-0.1, -0.05) is 13.3 Å². The van der Waals surface area contributed by atoms with Crippen LogP contribution in [0.4, 0.5) is 5.69 Å². The zero-order valence-corrected chi connectivity index (χ0v) is 7.97. The van der Waals surface area contributed by atoms with Gasteiger partial charge in [0.2, 0.25) is 0 Å². The van der Waals surface area contributed by atoms with Crippen molar-refractivity contribution in [1.82, 2.24) is 4.98 Å². The fraction of sp³-hybridized carbons (Fsp3) is 0.444. The van der Waals surface area contributed by atoms with Crippen LogP contribution in [0.25, 0.3) is 0 Å². The Bertz CT molecular complexity index is 315. The van der Waals surface area contributed by atoms with Gasteiger partial charge >= 0.3 is 5.69 Å². The van der Waals surface area contributed by atoms with Crippen molar-refractivity contribution in [3.63, 3.8) is 0 Å². The van der Waals surface area contributed by atoms with Crippen molar-refractivity contribution in [2.75, 3.05) is 6.61 Å². The molecule has 0 amide bonds. The Morgan fingerprint density at radius 2 is 2.43 bits per heavy atom. The first-order chi connectivity index (χ1) is 6.75. The van der Waals surface area contributed by atoms with E-state index in [1.54, 1.807) is 0 Å². The molecule has 0 saturated carbocycles. The Labute approximate surface area is 81.9 Å². The van der Waals surface area contributed by atoms with Crippen LogP contribution in [-0.4, -0.2) is 16.5 Å². The second-order valence-electron chi connectivity index (χ2n) is 2.79.